The van der Waals surface area contributed by atoms with Crippen molar-refractivity contribution in [3.05, 3.63) is 48.1 Å². The smallest absolute Gasteiger partial charge is 0.387 e. The number of para-hydroxylation sites is 1. The van der Waals surface area contributed by atoms with Crippen molar-refractivity contribution in [3.63, 3.8) is 0 Å². The highest BCUT2D eigenvalue weighted by atomic mass is 19.3. The summed E-state index contributed by atoms with van der Waals surface area (Å²) < 4.78 is 29.0. The molecule has 0 aliphatic rings. The Hall–Kier alpha value is -2.17. The highest BCUT2D eigenvalue weighted by Gasteiger charge is 2.10. The van der Waals surface area contributed by atoms with Crippen molar-refractivity contribution in [3.8, 4) is 5.75 Å². The van der Waals surface area contributed by atoms with E-state index in [-0.39, 0.29) is 11.7 Å². The average Bonchev–Trinajstić information content (AvgIpc) is 2.42. The Kier molecular flexibility index (Phi) is 6.59. The average molecular weight is 295 g/mol. The zero-order chi connectivity index (χ0) is 15.8. The molecule has 0 aliphatic heterocycles. The molecule has 0 bridgehead atoms. The zero-order valence-electron chi connectivity index (χ0n) is 12.2. The van der Waals surface area contributed by atoms with Crippen LogP contribution in [0.5, 0.6) is 5.75 Å². The van der Waals surface area contributed by atoms with E-state index in [9.17, 15) is 13.6 Å². The molecule has 1 aromatic carbocycles. The molecule has 0 unspecified atom stereocenters. The molecule has 1 amide bonds. The molecule has 21 heavy (non-hydrogen) atoms. The molecule has 0 spiro atoms. The van der Waals surface area contributed by atoms with Crippen molar-refractivity contribution in [2.75, 3.05) is 13.1 Å². The van der Waals surface area contributed by atoms with Crippen molar-refractivity contribution < 1.29 is 18.3 Å². The maximum Gasteiger partial charge on any atom is 0.387 e. The Morgan fingerprint density at radius 2 is 2.10 bits per heavy atom. The first kappa shape index (κ1) is 16.9. The van der Waals surface area contributed by atoms with E-state index in [1.54, 1.807) is 23.1 Å². The summed E-state index contributed by atoms with van der Waals surface area (Å²) in [6.45, 7) is 5.59. The standard InChI is InChI=1S/C16H19F2NO2/c1-4-19(11-12(2)3)15(20)10-9-13-7-5-6-8-14(13)21-16(17)18/h5-10,16H,2,4,11H2,1,3H3/b10-9+. The minimum atomic E-state index is -2.90. The molecule has 3 nitrogen and oxygen atoms in total. The third kappa shape index (κ3) is 5.77. The number of alkyl halides is 2. The van der Waals surface area contributed by atoms with Crippen LogP contribution in [0, 0.1) is 0 Å². The van der Waals surface area contributed by atoms with Crippen LogP contribution in [0.2, 0.25) is 0 Å². The minimum absolute atomic E-state index is 0.0412. The topological polar surface area (TPSA) is 29.5 Å². The Bertz CT molecular complexity index is 527. The van der Waals surface area contributed by atoms with Gasteiger partial charge < -0.3 is 9.64 Å². The van der Waals surface area contributed by atoms with Gasteiger partial charge in [-0.2, -0.15) is 8.78 Å². The summed E-state index contributed by atoms with van der Waals surface area (Å²) in [6.07, 6.45) is 2.82. The van der Waals surface area contributed by atoms with Gasteiger partial charge in [0.05, 0.1) is 0 Å². The molecular formula is C16H19F2NO2. The summed E-state index contributed by atoms with van der Waals surface area (Å²) in [7, 11) is 0. The molecule has 0 heterocycles. The normalized spacial score (nSPS) is 10.9. The van der Waals surface area contributed by atoms with E-state index in [1.165, 1.54) is 18.2 Å². The van der Waals surface area contributed by atoms with Gasteiger partial charge in [0.25, 0.3) is 0 Å². The van der Waals surface area contributed by atoms with E-state index in [0.29, 0.717) is 18.7 Å². The molecule has 0 saturated carbocycles. The molecule has 0 aromatic heterocycles. The Morgan fingerprint density at radius 3 is 2.67 bits per heavy atom. The molecular weight excluding hydrogens is 276 g/mol. The predicted molar refractivity (Wildman–Crippen MR) is 79.2 cm³/mol. The molecule has 0 fully saturated rings. The fraction of sp³-hybridized carbons (Fsp3) is 0.312. The Morgan fingerprint density at radius 1 is 1.43 bits per heavy atom. The number of ether oxygens (including phenoxy) is 1. The summed E-state index contributed by atoms with van der Waals surface area (Å²) in [5.74, 6) is -0.160. The van der Waals surface area contributed by atoms with Gasteiger partial charge in [0, 0.05) is 24.7 Å². The van der Waals surface area contributed by atoms with Crippen LogP contribution in [-0.4, -0.2) is 30.5 Å². The second kappa shape index (κ2) is 8.19. The van der Waals surface area contributed by atoms with E-state index in [1.807, 2.05) is 13.8 Å². The third-order valence-electron chi connectivity index (χ3n) is 2.69. The van der Waals surface area contributed by atoms with Crippen LogP contribution in [0.25, 0.3) is 6.08 Å². The van der Waals surface area contributed by atoms with Gasteiger partial charge in [0.15, 0.2) is 0 Å². The van der Waals surface area contributed by atoms with Crippen LogP contribution in [0.1, 0.15) is 19.4 Å². The summed E-state index contributed by atoms with van der Waals surface area (Å²) in [4.78, 5) is 13.6. The van der Waals surface area contributed by atoms with E-state index < -0.39 is 6.61 Å². The summed E-state index contributed by atoms with van der Waals surface area (Å²) in [5.41, 5.74) is 1.30. The first-order valence-corrected chi connectivity index (χ1v) is 6.59. The fourth-order valence-electron chi connectivity index (χ4n) is 1.76. The number of amides is 1. The SMILES string of the molecule is C=C(C)CN(CC)C(=O)/C=C/c1ccccc1OC(F)F. The molecule has 114 valence electrons. The molecule has 5 heteroatoms. The van der Waals surface area contributed by atoms with Gasteiger partial charge in [-0.3, -0.25) is 4.79 Å². The minimum Gasteiger partial charge on any atom is -0.434 e. The first-order valence-electron chi connectivity index (χ1n) is 6.59. The molecule has 0 atom stereocenters. The maximum atomic E-state index is 12.3. The van der Waals surface area contributed by atoms with E-state index >= 15 is 0 Å². The molecule has 0 radical (unpaired) electrons. The van der Waals surface area contributed by atoms with Gasteiger partial charge >= 0.3 is 6.61 Å². The van der Waals surface area contributed by atoms with Crippen molar-refractivity contribution in [2.45, 2.75) is 20.5 Å². The number of likely N-dealkylation sites (N-methyl/N-ethyl adjacent to an activating group) is 1. The molecule has 1 rings (SSSR count). The zero-order valence-corrected chi connectivity index (χ0v) is 12.2. The van der Waals surface area contributed by atoms with E-state index in [2.05, 4.69) is 11.3 Å². The van der Waals surface area contributed by atoms with E-state index in [4.69, 9.17) is 0 Å². The van der Waals surface area contributed by atoms with Gasteiger partial charge in [-0.1, -0.05) is 30.4 Å². The predicted octanol–water partition coefficient (Wildman–Crippen LogP) is 3.73. The number of nitrogens with zero attached hydrogens (tertiary/aromatic N) is 1. The van der Waals surface area contributed by atoms with Crippen molar-refractivity contribution >= 4 is 12.0 Å². The van der Waals surface area contributed by atoms with Crippen LogP contribution < -0.4 is 4.74 Å². The van der Waals surface area contributed by atoms with E-state index in [0.717, 1.165) is 5.57 Å². The van der Waals surface area contributed by atoms with Gasteiger partial charge in [0.2, 0.25) is 5.91 Å². The van der Waals surface area contributed by atoms with Crippen molar-refractivity contribution in [1.29, 1.82) is 0 Å². The third-order valence-corrected chi connectivity index (χ3v) is 2.69. The Balaban J connectivity index is 2.84. The lowest BCUT2D eigenvalue weighted by Gasteiger charge is -2.19. The Labute approximate surface area is 123 Å². The van der Waals surface area contributed by atoms with Crippen LogP contribution in [0.15, 0.2) is 42.5 Å². The largest absolute Gasteiger partial charge is 0.434 e. The molecule has 0 N–H and O–H groups in total. The second-order valence-corrected chi connectivity index (χ2v) is 4.56. The summed E-state index contributed by atoms with van der Waals surface area (Å²) >= 11 is 0. The number of hydrogen-bond donors (Lipinski definition) is 0. The quantitative estimate of drug-likeness (QED) is 0.566. The first-order chi connectivity index (χ1) is 9.93. The maximum absolute atomic E-state index is 12.3. The monoisotopic (exact) mass is 295 g/mol. The van der Waals surface area contributed by atoms with Crippen molar-refractivity contribution in [1.82, 2.24) is 4.90 Å². The molecule has 0 saturated heterocycles. The van der Waals surface area contributed by atoms with Crippen LogP contribution in [0.3, 0.4) is 0 Å². The number of hydrogen-bond acceptors (Lipinski definition) is 2. The number of carbonyl (C=O) groups excluding carboxylic acids is 1. The summed E-state index contributed by atoms with van der Waals surface area (Å²) in [5, 5.41) is 0. The van der Waals surface area contributed by atoms with Crippen molar-refractivity contribution in [2.24, 2.45) is 0 Å². The van der Waals surface area contributed by atoms with Gasteiger partial charge in [-0.05, 0) is 26.0 Å². The lowest BCUT2D eigenvalue weighted by atomic mass is 10.2. The van der Waals surface area contributed by atoms with Gasteiger partial charge in [0.1, 0.15) is 5.75 Å². The van der Waals surface area contributed by atoms with Crippen LogP contribution in [0.4, 0.5) is 8.78 Å². The molecule has 0 aliphatic carbocycles. The fourth-order valence-corrected chi connectivity index (χ4v) is 1.76. The lowest BCUT2D eigenvalue weighted by Crippen LogP contribution is -2.30. The van der Waals surface area contributed by atoms with Crippen LogP contribution >= 0.6 is 0 Å². The highest BCUT2D eigenvalue weighted by molar-refractivity contribution is 5.92. The van der Waals surface area contributed by atoms with Gasteiger partial charge in [-0.25, -0.2) is 0 Å². The molecule has 1 aromatic rings. The summed E-state index contributed by atoms with van der Waals surface area (Å²) in [6, 6.07) is 6.32. The highest BCUT2D eigenvalue weighted by Crippen LogP contribution is 2.21. The number of carbonyl (C=O) groups is 1. The second-order valence-electron chi connectivity index (χ2n) is 4.56. The van der Waals surface area contributed by atoms with Crippen LogP contribution in [-0.2, 0) is 4.79 Å². The lowest BCUT2D eigenvalue weighted by molar-refractivity contribution is -0.125. The van der Waals surface area contributed by atoms with Gasteiger partial charge in [-0.15, -0.1) is 0 Å². The number of benzene rings is 1. The number of rotatable bonds is 7. The number of halogens is 2.